The zero-order valence-corrected chi connectivity index (χ0v) is 11.1. The summed E-state index contributed by atoms with van der Waals surface area (Å²) in [5.41, 5.74) is 0. The van der Waals surface area contributed by atoms with Gasteiger partial charge in [-0.2, -0.15) is 0 Å². The maximum Gasteiger partial charge on any atom is 0.00694 e. The molecule has 0 aromatic carbocycles. The van der Waals surface area contributed by atoms with Gasteiger partial charge in [-0.1, -0.05) is 33.6 Å². The maximum absolute atomic E-state index is 2.67. The molecule has 1 nitrogen and oxygen atoms in total. The van der Waals surface area contributed by atoms with Crippen molar-refractivity contribution in [2.45, 2.75) is 65.8 Å². The van der Waals surface area contributed by atoms with Gasteiger partial charge in [0.2, 0.25) is 0 Å². The molecule has 1 saturated heterocycles. The summed E-state index contributed by atoms with van der Waals surface area (Å²) in [5, 5.41) is 0. The highest BCUT2D eigenvalue weighted by Gasteiger charge is 2.19. The summed E-state index contributed by atoms with van der Waals surface area (Å²) in [5.74, 6) is 1.78. The van der Waals surface area contributed by atoms with Crippen molar-refractivity contribution in [3.8, 4) is 0 Å². The Balaban J connectivity index is 2.15. The highest BCUT2D eigenvalue weighted by molar-refractivity contribution is 4.74. The second-order valence-electron chi connectivity index (χ2n) is 5.90. The average molecular weight is 211 g/mol. The Bertz CT molecular complexity index is 159. The second kappa shape index (κ2) is 6.52. The first kappa shape index (κ1) is 13.0. The molecule has 0 saturated carbocycles. The van der Waals surface area contributed by atoms with Crippen LogP contribution in [0.2, 0.25) is 0 Å². The van der Waals surface area contributed by atoms with E-state index in [0.29, 0.717) is 0 Å². The van der Waals surface area contributed by atoms with Crippen LogP contribution in [0, 0.1) is 11.8 Å². The lowest BCUT2D eigenvalue weighted by Gasteiger charge is -2.26. The zero-order chi connectivity index (χ0) is 11.3. The van der Waals surface area contributed by atoms with Crippen LogP contribution in [0.1, 0.15) is 59.8 Å². The van der Waals surface area contributed by atoms with Crippen LogP contribution < -0.4 is 0 Å². The van der Waals surface area contributed by atoms with Crippen LogP contribution in [0.15, 0.2) is 0 Å². The van der Waals surface area contributed by atoms with Gasteiger partial charge < -0.3 is 4.90 Å². The molecule has 0 aromatic rings. The average Bonchev–Trinajstić information content (AvgIpc) is 2.67. The summed E-state index contributed by atoms with van der Waals surface area (Å²) in [7, 11) is 0. The van der Waals surface area contributed by atoms with Gasteiger partial charge in [-0.3, -0.25) is 0 Å². The molecule has 0 amide bonds. The van der Waals surface area contributed by atoms with Gasteiger partial charge in [-0.05, 0) is 51.1 Å². The predicted octanol–water partition coefficient (Wildman–Crippen LogP) is 3.93. The standard InChI is InChI=1S/C14H29N/c1-12(2)7-8-13(3)11-14(4)15-9-5-6-10-15/h12-14H,5-11H2,1-4H3. The maximum atomic E-state index is 2.67. The molecule has 0 aliphatic carbocycles. The first-order chi connectivity index (χ1) is 7.09. The van der Waals surface area contributed by atoms with E-state index in [0.717, 1.165) is 17.9 Å². The Kier molecular flexibility index (Phi) is 5.66. The number of likely N-dealkylation sites (tertiary alicyclic amines) is 1. The van der Waals surface area contributed by atoms with Crippen molar-refractivity contribution in [1.29, 1.82) is 0 Å². The molecule has 1 aliphatic heterocycles. The van der Waals surface area contributed by atoms with Crippen molar-refractivity contribution in [3.63, 3.8) is 0 Å². The molecule has 0 radical (unpaired) electrons. The molecule has 0 aromatic heterocycles. The third-order valence-corrected chi connectivity index (χ3v) is 3.74. The van der Waals surface area contributed by atoms with Crippen molar-refractivity contribution in [3.05, 3.63) is 0 Å². The minimum absolute atomic E-state index is 0.815. The fraction of sp³-hybridized carbons (Fsp3) is 1.00. The Morgan fingerprint density at radius 3 is 2.07 bits per heavy atom. The van der Waals surface area contributed by atoms with Crippen LogP contribution in [0.25, 0.3) is 0 Å². The molecule has 2 atom stereocenters. The Morgan fingerprint density at radius 1 is 0.933 bits per heavy atom. The van der Waals surface area contributed by atoms with Crippen molar-refractivity contribution in [2.75, 3.05) is 13.1 Å². The number of hydrogen-bond acceptors (Lipinski definition) is 1. The molecule has 0 bridgehead atoms. The lowest BCUT2D eigenvalue weighted by Crippen LogP contribution is -2.31. The van der Waals surface area contributed by atoms with E-state index >= 15 is 0 Å². The molecule has 90 valence electrons. The number of nitrogens with zero attached hydrogens (tertiary/aromatic N) is 1. The summed E-state index contributed by atoms with van der Waals surface area (Å²) >= 11 is 0. The third kappa shape index (κ3) is 5.01. The van der Waals surface area contributed by atoms with Crippen LogP contribution >= 0.6 is 0 Å². The van der Waals surface area contributed by atoms with Crippen molar-refractivity contribution < 1.29 is 0 Å². The Labute approximate surface area is 96.2 Å². The van der Waals surface area contributed by atoms with Crippen LogP contribution in [-0.4, -0.2) is 24.0 Å². The van der Waals surface area contributed by atoms with Crippen LogP contribution in [0.3, 0.4) is 0 Å². The molecule has 15 heavy (non-hydrogen) atoms. The molecule has 1 rings (SSSR count). The molecule has 1 heteroatoms. The van der Waals surface area contributed by atoms with Gasteiger partial charge in [0, 0.05) is 6.04 Å². The predicted molar refractivity (Wildman–Crippen MR) is 68.1 cm³/mol. The van der Waals surface area contributed by atoms with E-state index in [2.05, 4.69) is 32.6 Å². The number of rotatable bonds is 6. The molecule has 1 fully saturated rings. The van der Waals surface area contributed by atoms with Crippen LogP contribution in [0.5, 0.6) is 0 Å². The zero-order valence-electron chi connectivity index (χ0n) is 11.1. The van der Waals surface area contributed by atoms with Crippen molar-refractivity contribution in [1.82, 2.24) is 4.90 Å². The minimum atomic E-state index is 0.815. The monoisotopic (exact) mass is 211 g/mol. The van der Waals surface area contributed by atoms with Gasteiger partial charge in [-0.25, -0.2) is 0 Å². The van der Waals surface area contributed by atoms with E-state index in [-0.39, 0.29) is 0 Å². The Morgan fingerprint density at radius 2 is 1.53 bits per heavy atom. The lowest BCUT2D eigenvalue weighted by molar-refractivity contribution is 0.218. The van der Waals surface area contributed by atoms with E-state index in [1.165, 1.54) is 45.2 Å². The fourth-order valence-electron chi connectivity index (χ4n) is 2.65. The summed E-state index contributed by atoms with van der Waals surface area (Å²) in [6, 6.07) is 0.815. The SMILES string of the molecule is CC(C)CCC(C)CC(C)N1CCCC1. The first-order valence-corrected chi connectivity index (χ1v) is 6.83. The number of hydrogen-bond donors (Lipinski definition) is 0. The third-order valence-electron chi connectivity index (χ3n) is 3.74. The van der Waals surface area contributed by atoms with Gasteiger partial charge in [0.15, 0.2) is 0 Å². The largest absolute Gasteiger partial charge is 0.301 e. The molecular weight excluding hydrogens is 182 g/mol. The minimum Gasteiger partial charge on any atom is -0.301 e. The molecule has 1 aliphatic rings. The molecule has 0 N–H and O–H groups in total. The van der Waals surface area contributed by atoms with E-state index in [1.807, 2.05) is 0 Å². The highest BCUT2D eigenvalue weighted by atomic mass is 15.2. The molecule has 2 unspecified atom stereocenters. The van der Waals surface area contributed by atoms with Crippen LogP contribution in [0.4, 0.5) is 0 Å². The molecular formula is C14H29N. The summed E-state index contributed by atoms with van der Waals surface area (Å²) < 4.78 is 0. The summed E-state index contributed by atoms with van der Waals surface area (Å²) in [4.78, 5) is 2.67. The van der Waals surface area contributed by atoms with Gasteiger partial charge in [0.05, 0.1) is 0 Å². The van der Waals surface area contributed by atoms with E-state index < -0.39 is 0 Å². The summed E-state index contributed by atoms with van der Waals surface area (Å²) in [6.45, 7) is 12.2. The second-order valence-corrected chi connectivity index (χ2v) is 5.90. The van der Waals surface area contributed by atoms with Crippen LogP contribution in [-0.2, 0) is 0 Å². The topological polar surface area (TPSA) is 3.24 Å². The lowest BCUT2D eigenvalue weighted by atomic mass is 9.94. The normalized spacial score (nSPS) is 22.2. The smallest absolute Gasteiger partial charge is 0.00694 e. The van der Waals surface area contributed by atoms with Gasteiger partial charge in [0.25, 0.3) is 0 Å². The van der Waals surface area contributed by atoms with E-state index in [1.54, 1.807) is 0 Å². The molecule has 1 heterocycles. The Hall–Kier alpha value is -0.0400. The van der Waals surface area contributed by atoms with Gasteiger partial charge in [0.1, 0.15) is 0 Å². The van der Waals surface area contributed by atoms with Crippen molar-refractivity contribution >= 4 is 0 Å². The highest BCUT2D eigenvalue weighted by Crippen LogP contribution is 2.21. The fourth-order valence-corrected chi connectivity index (χ4v) is 2.65. The molecule has 0 spiro atoms. The van der Waals surface area contributed by atoms with Crippen molar-refractivity contribution in [2.24, 2.45) is 11.8 Å². The van der Waals surface area contributed by atoms with Gasteiger partial charge >= 0.3 is 0 Å². The van der Waals surface area contributed by atoms with E-state index in [9.17, 15) is 0 Å². The summed E-state index contributed by atoms with van der Waals surface area (Å²) in [6.07, 6.45) is 7.05. The van der Waals surface area contributed by atoms with E-state index in [4.69, 9.17) is 0 Å². The quantitative estimate of drug-likeness (QED) is 0.643. The van der Waals surface area contributed by atoms with Gasteiger partial charge in [-0.15, -0.1) is 0 Å². The first-order valence-electron chi connectivity index (χ1n) is 6.83.